The van der Waals surface area contributed by atoms with Crippen LogP contribution in [0.4, 0.5) is 0 Å². The number of pyridine rings is 1. The smallest absolute Gasteiger partial charge is 0.307 e. The van der Waals surface area contributed by atoms with Crippen LogP contribution >= 0.6 is 0 Å². The first-order chi connectivity index (χ1) is 13.3. The summed E-state index contributed by atoms with van der Waals surface area (Å²) < 4.78 is 16.5. The Bertz CT molecular complexity index is 873. The molecule has 0 amide bonds. The van der Waals surface area contributed by atoms with Crippen molar-refractivity contribution in [1.82, 2.24) is 4.98 Å². The van der Waals surface area contributed by atoms with Gasteiger partial charge in [-0.05, 0) is 41.8 Å². The Hall–Kier alpha value is -3.34. The fourth-order valence-electron chi connectivity index (χ4n) is 2.99. The highest BCUT2D eigenvalue weighted by Gasteiger charge is 2.20. The first-order valence-corrected chi connectivity index (χ1v) is 8.83. The van der Waals surface area contributed by atoms with Crippen molar-refractivity contribution >= 4 is 5.97 Å². The summed E-state index contributed by atoms with van der Waals surface area (Å²) in [6.07, 6.45) is 2.03. The zero-order valence-corrected chi connectivity index (χ0v) is 14.7. The van der Waals surface area contributed by atoms with Crippen LogP contribution in [0.15, 0.2) is 72.9 Å². The average molecular weight is 361 g/mol. The lowest BCUT2D eigenvalue weighted by atomic mass is 10.1. The summed E-state index contributed by atoms with van der Waals surface area (Å²) in [6, 6.07) is 20.9. The topological polar surface area (TPSA) is 57.7 Å². The third-order valence-corrected chi connectivity index (χ3v) is 4.36. The Morgan fingerprint density at radius 2 is 1.81 bits per heavy atom. The number of hydrogen-bond donors (Lipinski definition) is 0. The van der Waals surface area contributed by atoms with Crippen LogP contribution in [-0.4, -0.2) is 17.7 Å². The van der Waals surface area contributed by atoms with Crippen molar-refractivity contribution in [2.45, 2.75) is 18.9 Å². The molecular formula is C22H19NO4. The van der Waals surface area contributed by atoms with Gasteiger partial charge in [-0.3, -0.25) is 9.78 Å². The van der Waals surface area contributed by atoms with E-state index in [1.54, 1.807) is 6.20 Å². The van der Waals surface area contributed by atoms with Crippen LogP contribution in [0.3, 0.4) is 0 Å². The molecule has 0 fully saturated rings. The first-order valence-electron chi connectivity index (χ1n) is 8.83. The zero-order chi connectivity index (χ0) is 18.5. The van der Waals surface area contributed by atoms with Crippen LogP contribution in [0.2, 0.25) is 0 Å². The molecule has 27 heavy (non-hydrogen) atoms. The van der Waals surface area contributed by atoms with Gasteiger partial charge in [0.15, 0.2) is 17.6 Å². The van der Waals surface area contributed by atoms with E-state index in [1.165, 1.54) is 0 Å². The lowest BCUT2D eigenvalue weighted by Gasteiger charge is -2.18. The van der Waals surface area contributed by atoms with Gasteiger partial charge in [0.05, 0.1) is 5.69 Å². The Kier molecular flexibility index (Phi) is 5.01. The van der Waals surface area contributed by atoms with Crippen molar-refractivity contribution < 1.29 is 19.0 Å². The van der Waals surface area contributed by atoms with E-state index in [9.17, 15) is 4.79 Å². The van der Waals surface area contributed by atoms with Gasteiger partial charge in [0.1, 0.15) is 0 Å². The third kappa shape index (κ3) is 4.08. The maximum Gasteiger partial charge on any atom is 0.307 e. The Morgan fingerprint density at radius 1 is 1.00 bits per heavy atom. The molecule has 0 N–H and O–H groups in total. The number of benzene rings is 2. The van der Waals surface area contributed by atoms with Gasteiger partial charge in [-0.1, -0.05) is 42.5 Å². The van der Waals surface area contributed by atoms with Crippen LogP contribution in [-0.2, 0) is 16.0 Å². The molecule has 2 heterocycles. The molecule has 0 radical (unpaired) electrons. The van der Waals surface area contributed by atoms with Gasteiger partial charge in [0.2, 0.25) is 6.79 Å². The molecule has 0 aliphatic carbocycles. The molecule has 1 aliphatic heterocycles. The maximum absolute atomic E-state index is 12.5. The van der Waals surface area contributed by atoms with Crippen molar-refractivity contribution in [2.75, 3.05) is 6.79 Å². The minimum Gasteiger partial charge on any atom is -0.454 e. The standard InChI is InChI=1S/C22H19NO4/c24-21(12-10-16-9-11-19-20(14-16)26-15-25-19)27-22(17-6-2-1-3-7-17)18-8-4-5-13-23-18/h1-9,11,13-14,22H,10,12,15H2. The molecule has 1 unspecified atom stereocenters. The molecule has 4 rings (SSSR count). The molecule has 5 nitrogen and oxygen atoms in total. The molecule has 1 aromatic heterocycles. The summed E-state index contributed by atoms with van der Waals surface area (Å²) in [5, 5.41) is 0. The molecule has 5 heteroatoms. The van der Waals surface area contributed by atoms with Gasteiger partial charge in [-0.25, -0.2) is 0 Å². The van der Waals surface area contributed by atoms with Gasteiger partial charge in [-0.2, -0.15) is 0 Å². The molecule has 0 saturated carbocycles. The predicted molar refractivity (Wildman–Crippen MR) is 99.5 cm³/mol. The fraction of sp³-hybridized carbons (Fsp3) is 0.182. The summed E-state index contributed by atoms with van der Waals surface area (Å²) in [7, 11) is 0. The summed E-state index contributed by atoms with van der Waals surface area (Å²) in [5.74, 6) is 1.18. The lowest BCUT2D eigenvalue weighted by molar-refractivity contribution is -0.147. The lowest BCUT2D eigenvalue weighted by Crippen LogP contribution is -2.14. The van der Waals surface area contributed by atoms with Crippen molar-refractivity contribution in [3.05, 3.63) is 89.7 Å². The predicted octanol–water partition coefficient (Wildman–Crippen LogP) is 4.08. The highest BCUT2D eigenvalue weighted by atomic mass is 16.7. The molecule has 2 aromatic carbocycles. The summed E-state index contributed by atoms with van der Waals surface area (Å²) in [5.41, 5.74) is 2.61. The number of carbonyl (C=O) groups is 1. The molecule has 1 aliphatic rings. The number of aromatic nitrogens is 1. The third-order valence-electron chi connectivity index (χ3n) is 4.36. The SMILES string of the molecule is O=C(CCc1ccc2c(c1)OCO2)OC(c1ccccc1)c1ccccn1. The molecular weight excluding hydrogens is 342 g/mol. The minimum atomic E-state index is -0.517. The maximum atomic E-state index is 12.5. The van der Waals surface area contributed by atoms with E-state index in [0.717, 1.165) is 22.6 Å². The van der Waals surface area contributed by atoms with Crippen molar-refractivity contribution in [3.63, 3.8) is 0 Å². The number of nitrogens with zero attached hydrogens (tertiary/aromatic N) is 1. The quantitative estimate of drug-likeness (QED) is 0.619. The van der Waals surface area contributed by atoms with Crippen molar-refractivity contribution in [1.29, 1.82) is 0 Å². The number of hydrogen-bond acceptors (Lipinski definition) is 5. The molecule has 0 bridgehead atoms. The second kappa shape index (κ2) is 7.91. The van der Waals surface area contributed by atoms with E-state index in [1.807, 2.05) is 66.7 Å². The molecule has 0 spiro atoms. The zero-order valence-electron chi connectivity index (χ0n) is 14.7. The number of fused-ring (bicyclic) bond motifs is 1. The van der Waals surface area contributed by atoms with E-state index in [2.05, 4.69) is 4.98 Å². The largest absolute Gasteiger partial charge is 0.454 e. The van der Waals surface area contributed by atoms with E-state index >= 15 is 0 Å². The second-order valence-electron chi connectivity index (χ2n) is 6.22. The average Bonchev–Trinajstić information content (AvgIpc) is 3.20. The van der Waals surface area contributed by atoms with E-state index in [-0.39, 0.29) is 19.2 Å². The number of rotatable bonds is 6. The van der Waals surface area contributed by atoms with E-state index in [0.29, 0.717) is 12.1 Å². The van der Waals surface area contributed by atoms with Crippen LogP contribution in [0, 0.1) is 0 Å². The minimum absolute atomic E-state index is 0.240. The second-order valence-corrected chi connectivity index (χ2v) is 6.22. The van der Waals surface area contributed by atoms with Crippen LogP contribution in [0.5, 0.6) is 11.5 Å². The van der Waals surface area contributed by atoms with E-state index < -0.39 is 6.10 Å². The molecule has 136 valence electrons. The van der Waals surface area contributed by atoms with Gasteiger partial charge < -0.3 is 14.2 Å². The molecule has 1 atom stereocenters. The molecule has 0 saturated heterocycles. The van der Waals surface area contributed by atoms with Gasteiger partial charge >= 0.3 is 5.97 Å². The highest BCUT2D eigenvalue weighted by molar-refractivity contribution is 5.70. The van der Waals surface area contributed by atoms with E-state index in [4.69, 9.17) is 14.2 Å². The first kappa shape index (κ1) is 17.1. The monoisotopic (exact) mass is 361 g/mol. The Labute approximate surface area is 157 Å². The molecule has 3 aromatic rings. The summed E-state index contributed by atoms with van der Waals surface area (Å²) in [4.78, 5) is 16.9. The number of ether oxygens (including phenoxy) is 3. The highest BCUT2D eigenvalue weighted by Crippen LogP contribution is 2.33. The van der Waals surface area contributed by atoms with Crippen LogP contribution in [0.25, 0.3) is 0 Å². The summed E-state index contributed by atoms with van der Waals surface area (Å²) >= 11 is 0. The van der Waals surface area contributed by atoms with Crippen LogP contribution < -0.4 is 9.47 Å². The van der Waals surface area contributed by atoms with Gasteiger partial charge in [-0.15, -0.1) is 0 Å². The normalized spacial score (nSPS) is 13.2. The number of carbonyl (C=O) groups excluding carboxylic acids is 1. The number of esters is 1. The number of aryl methyl sites for hydroxylation is 1. The fourth-order valence-corrected chi connectivity index (χ4v) is 2.99. The van der Waals surface area contributed by atoms with Gasteiger partial charge in [0, 0.05) is 12.6 Å². The van der Waals surface area contributed by atoms with Crippen molar-refractivity contribution in [2.24, 2.45) is 0 Å². The Balaban J connectivity index is 1.44. The summed E-state index contributed by atoms with van der Waals surface area (Å²) in [6.45, 7) is 0.240. The van der Waals surface area contributed by atoms with Crippen LogP contribution in [0.1, 0.15) is 29.3 Å². The van der Waals surface area contributed by atoms with Crippen molar-refractivity contribution in [3.8, 4) is 11.5 Å². The Morgan fingerprint density at radius 3 is 2.63 bits per heavy atom. The van der Waals surface area contributed by atoms with Gasteiger partial charge in [0.25, 0.3) is 0 Å².